The number of aliphatic hydroxyl groups is 1. The lowest BCUT2D eigenvalue weighted by Crippen LogP contribution is -2.49. The fourth-order valence-electron chi connectivity index (χ4n) is 1.06. The minimum Gasteiger partial charge on any atom is -0.387 e. The van der Waals surface area contributed by atoms with Crippen molar-refractivity contribution in [1.82, 2.24) is 0 Å². The smallest absolute Gasteiger partial charge is 0.0903 e. The molecule has 0 aromatic heterocycles. The van der Waals surface area contributed by atoms with Gasteiger partial charge in [-0.3, -0.25) is 0 Å². The zero-order valence-electron chi connectivity index (χ0n) is 6.98. The molecule has 1 heterocycles. The van der Waals surface area contributed by atoms with Gasteiger partial charge in [-0.05, 0) is 18.8 Å². The van der Waals surface area contributed by atoms with E-state index in [1.165, 1.54) is 0 Å². The van der Waals surface area contributed by atoms with Crippen LogP contribution in [0.2, 0.25) is 0 Å². The highest BCUT2D eigenvalue weighted by molar-refractivity contribution is 4.91. The van der Waals surface area contributed by atoms with Crippen LogP contribution in [0, 0.1) is 5.41 Å². The Morgan fingerprint density at radius 2 is 1.90 bits per heavy atom. The SMILES string of the molecule is CC1(C)CCOC[C@]1(C)O. The average molecular weight is 144 g/mol. The van der Waals surface area contributed by atoms with E-state index in [2.05, 4.69) is 13.8 Å². The maximum absolute atomic E-state index is 9.78. The second kappa shape index (κ2) is 2.21. The average Bonchev–Trinajstić information content (AvgIpc) is 1.77. The van der Waals surface area contributed by atoms with Gasteiger partial charge in [-0.25, -0.2) is 0 Å². The number of hydrogen-bond acceptors (Lipinski definition) is 2. The maximum Gasteiger partial charge on any atom is 0.0903 e. The van der Waals surface area contributed by atoms with E-state index in [0.717, 1.165) is 13.0 Å². The van der Waals surface area contributed by atoms with Gasteiger partial charge in [0, 0.05) is 6.61 Å². The molecular weight excluding hydrogens is 128 g/mol. The number of ether oxygens (including phenoxy) is 1. The van der Waals surface area contributed by atoms with Crippen LogP contribution >= 0.6 is 0 Å². The van der Waals surface area contributed by atoms with E-state index in [1.54, 1.807) is 0 Å². The minimum atomic E-state index is -0.648. The molecule has 1 saturated heterocycles. The van der Waals surface area contributed by atoms with Crippen molar-refractivity contribution in [2.45, 2.75) is 32.8 Å². The largest absolute Gasteiger partial charge is 0.387 e. The van der Waals surface area contributed by atoms with Gasteiger partial charge in [0.05, 0.1) is 12.2 Å². The topological polar surface area (TPSA) is 29.5 Å². The lowest BCUT2D eigenvalue weighted by atomic mass is 9.73. The molecule has 0 bridgehead atoms. The zero-order chi connectivity index (χ0) is 7.83. The van der Waals surface area contributed by atoms with Gasteiger partial charge in [-0.1, -0.05) is 13.8 Å². The number of hydrogen-bond donors (Lipinski definition) is 1. The van der Waals surface area contributed by atoms with Crippen molar-refractivity contribution in [3.8, 4) is 0 Å². The van der Waals surface area contributed by atoms with Crippen LogP contribution in [-0.4, -0.2) is 23.9 Å². The minimum absolute atomic E-state index is 0.00521. The first kappa shape index (κ1) is 8.02. The van der Waals surface area contributed by atoms with E-state index >= 15 is 0 Å². The predicted molar refractivity (Wildman–Crippen MR) is 39.8 cm³/mol. The summed E-state index contributed by atoms with van der Waals surface area (Å²) in [5.41, 5.74) is -0.642. The highest BCUT2D eigenvalue weighted by Crippen LogP contribution is 2.37. The van der Waals surface area contributed by atoms with Gasteiger partial charge in [-0.15, -0.1) is 0 Å². The summed E-state index contributed by atoms with van der Waals surface area (Å²) in [7, 11) is 0. The van der Waals surface area contributed by atoms with Crippen molar-refractivity contribution >= 4 is 0 Å². The molecule has 1 aliphatic rings. The summed E-state index contributed by atoms with van der Waals surface area (Å²) in [5, 5.41) is 9.78. The van der Waals surface area contributed by atoms with Crippen LogP contribution in [-0.2, 0) is 4.74 Å². The standard InChI is InChI=1S/C8H16O2/c1-7(2)4-5-10-6-8(7,3)9/h9H,4-6H2,1-3H3/t8-/m0/s1. The molecule has 0 amide bonds. The van der Waals surface area contributed by atoms with Crippen LogP contribution in [0.1, 0.15) is 27.2 Å². The zero-order valence-corrected chi connectivity index (χ0v) is 6.98. The molecule has 0 radical (unpaired) electrons. The molecule has 0 aromatic carbocycles. The summed E-state index contributed by atoms with van der Waals surface area (Å²) in [6, 6.07) is 0. The van der Waals surface area contributed by atoms with Gasteiger partial charge in [0.1, 0.15) is 0 Å². The van der Waals surface area contributed by atoms with E-state index in [9.17, 15) is 5.11 Å². The lowest BCUT2D eigenvalue weighted by molar-refractivity contribution is -0.151. The third kappa shape index (κ3) is 1.18. The van der Waals surface area contributed by atoms with Gasteiger partial charge in [0.25, 0.3) is 0 Å². The fourth-order valence-corrected chi connectivity index (χ4v) is 1.06. The van der Waals surface area contributed by atoms with Crippen LogP contribution in [0.25, 0.3) is 0 Å². The Hall–Kier alpha value is -0.0800. The van der Waals surface area contributed by atoms with Crippen molar-refractivity contribution < 1.29 is 9.84 Å². The molecule has 1 atom stereocenters. The molecule has 1 N–H and O–H groups in total. The van der Waals surface area contributed by atoms with E-state index < -0.39 is 5.60 Å². The van der Waals surface area contributed by atoms with Crippen molar-refractivity contribution in [3.63, 3.8) is 0 Å². The highest BCUT2D eigenvalue weighted by atomic mass is 16.5. The molecule has 0 unspecified atom stereocenters. The van der Waals surface area contributed by atoms with Gasteiger partial charge >= 0.3 is 0 Å². The highest BCUT2D eigenvalue weighted by Gasteiger charge is 2.41. The van der Waals surface area contributed by atoms with E-state index in [1.807, 2.05) is 6.92 Å². The molecule has 1 fully saturated rings. The molecule has 0 spiro atoms. The molecule has 2 nitrogen and oxygen atoms in total. The first-order valence-electron chi connectivity index (χ1n) is 3.76. The Balaban J connectivity index is 2.70. The molecular formula is C8H16O2. The molecule has 10 heavy (non-hydrogen) atoms. The molecule has 2 heteroatoms. The molecule has 0 saturated carbocycles. The van der Waals surface area contributed by atoms with Crippen LogP contribution < -0.4 is 0 Å². The van der Waals surface area contributed by atoms with E-state index in [0.29, 0.717) is 6.61 Å². The van der Waals surface area contributed by atoms with Crippen LogP contribution in [0.3, 0.4) is 0 Å². The van der Waals surface area contributed by atoms with Crippen molar-refractivity contribution in [2.24, 2.45) is 5.41 Å². The fraction of sp³-hybridized carbons (Fsp3) is 1.00. The van der Waals surface area contributed by atoms with E-state index in [4.69, 9.17) is 4.74 Å². The van der Waals surface area contributed by atoms with Gasteiger partial charge < -0.3 is 9.84 Å². The van der Waals surface area contributed by atoms with Gasteiger partial charge in [0.15, 0.2) is 0 Å². The first-order chi connectivity index (χ1) is 4.46. The second-order valence-corrected chi connectivity index (χ2v) is 3.96. The van der Waals surface area contributed by atoms with E-state index in [-0.39, 0.29) is 5.41 Å². The normalized spacial score (nSPS) is 39.6. The van der Waals surface area contributed by atoms with Crippen molar-refractivity contribution in [1.29, 1.82) is 0 Å². The maximum atomic E-state index is 9.78. The third-order valence-electron chi connectivity index (χ3n) is 2.71. The summed E-state index contributed by atoms with van der Waals surface area (Å²) in [6.45, 7) is 7.25. The summed E-state index contributed by atoms with van der Waals surface area (Å²) < 4.78 is 5.17. The molecule has 0 aromatic rings. The Labute approximate surface area is 62.2 Å². The summed E-state index contributed by atoms with van der Waals surface area (Å²) in [6.07, 6.45) is 0.944. The summed E-state index contributed by atoms with van der Waals surface area (Å²) in [4.78, 5) is 0. The Bertz CT molecular complexity index is 111. The quantitative estimate of drug-likeness (QED) is 0.553. The first-order valence-corrected chi connectivity index (χ1v) is 3.76. The monoisotopic (exact) mass is 144 g/mol. The lowest BCUT2D eigenvalue weighted by Gasteiger charge is -2.43. The van der Waals surface area contributed by atoms with Crippen LogP contribution in [0.4, 0.5) is 0 Å². The third-order valence-corrected chi connectivity index (χ3v) is 2.71. The van der Waals surface area contributed by atoms with Crippen molar-refractivity contribution in [2.75, 3.05) is 13.2 Å². The molecule has 60 valence electrons. The van der Waals surface area contributed by atoms with Crippen molar-refractivity contribution in [3.05, 3.63) is 0 Å². The predicted octanol–water partition coefficient (Wildman–Crippen LogP) is 1.18. The second-order valence-electron chi connectivity index (χ2n) is 3.96. The summed E-state index contributed by atoms with van der Waals surface area (Å²) >= 11 is 0. The van der Waals surface area contributed by atoms with Crippen LogP contribution in [0.5, 0.6) is 0 Å². The van der Waals surface area contributed by atoms with Crippen LogP contribution in [0.15, 0.2) is 0 Å². The van der Waals surface area contributed by atoms with Gasteiger partial charge in [-0.2, -0.15) is 0 Å². The van der Waals surface area contributed by atoms with Gasteiger partial charge in [0.2, 0.25) is 0 Å². The Morgan fingerprint density at radius 3 is 2.20 bits per heavy atom. The Kier molecular flexibility index (Phi) is 1.77. The summed E-state index contributed by atoms with van der Waals surface area (Å²) in [5.74, 6) is 0. The Morgan fingerprint density at radius 1 is 1.30 bits per heavy atom. The molecule has 1 aliphatic heterocycles. The molecule has 0 aliphatic carbocycles. The number of rotatable bonds is 0. The molecule has 1 rings (SSSR count).